The zero-order valence-electron chi connectivity index (χ0n) is 16.5. The van der Waals surface area contributed by atoms with E-state index in [0.29, 0.717) is 11.6 Å². The Morgan fingerprint density at radius 2 is 1.69 bits per heavy atom. The maximum atomic E-state index is 12.6. The van der Waals surface area contributed by atoms with Crippen LogP contribution in [0.1, 0.15) is 11.1 Å². The molecule has 2 aromatic carbocycles. The van der Waals surface area contributed by atoms with Crippen molar-refractivity contribution in [3.63, 3.8) is 0 Å². The normalized spacial score (nSPS) is 11.3. The molecule has 0 aliphatic carbocycles. The van der Waals surface area contributed by atoms with E-state index in [1.165, 1.54) is 7.11 Å². The number of aromatic nitrogens is 2. The van der Waals surface area contributed by atoms with Gasteiger partial charge in [-0.2, -0.15) is 0 Å². The fraction of sp³-hybridized carbons (Fsp3) is 0.238. The predicted molar refractivity (Wildman–Crippen MR) is 111 cm³/mol. The highest BCUT2D eigenvalue weighted by Crippen LogP contribution is 2.27. The standard InChI is InChI=1S/C21H23N3O4S/c1-15-13-19(27-3)20(14-16(15)2)29(25,26)22-11-12-28-21-10-9-18(23-24-21)17-7-5-4-6-8-17/h4-10,13-14,22H,11-12H2,1-3H3. The van der Waals surface area contributed by atoms with Crippen molar-refractivity contribution in [3.8, 4) is 22.9 Å². The molecule has 7 nitrogen and oxygen atoms in total. The number of nitrogens with zero attached hydrogens (tertiary/aromatic N) is 2. The molecule has 0 unspecified atom stereocenters. The molecule has 0 fully saturated rings. The van der Waals surface area contributed by atoms with Gasteiger partial charge < -0.3 is 9.47 Å². The molecule has 1 heterocycles. The van der Waals surface area contributed by atoms with Gasteiger partial charge in [0.15, 0.2) is 0 Å². The minimum Gasteiger partial charge on any atom is -0.495 e. The first-order valence-corrected chi connectivity index (χ1v) is 10.6. The van der Waals surface area contributed by atoms with Crippen molar-refractivity contribution in [2.75, 3.05) is 20.3 Å². The Labute approximate surface area is 170 Å². The molecule has 0 amide bonds. The average Bonchev–Trinajstić information content (AvgIpc) is 2.74. The molecule has 8 heteroatoms. The number of rotatable bonds is 8. The van der Waals surface area contributed by atoms with Crippen LogP contribution in [0.15, 0.2) is 59.5 Å². The number of sulfonamides is 1. The Bertz CT molecular complexity index is 1070. The first kappa shape index (κ1) is 20.8. The van der Waals surface area contributed by atoms with Gasteiger partial charge in [-0.15, -0.1) is 10.2 Å². The molecule has 0 radical (unpaired) electrons. The van der Waals surface area contributed by atoms with Crippen LogP contribution in [0.5, 0.6) is 11.6 Å². The summed E-state index contributed by atoms with van der Waals surface area (Å²) in [6.07, 6.45) is 0. The third-order valence-corrected chi connectivity index (χ3v) is 5.91. The average molecular weight is 413 g/mol. The molecule has 152 valence electrons. The van der Waals surface area contributed by atoms with Crippen molar-refractivity contribution in [3.05, 3.63) is 65.7 Å². The molecule has 29 heavy (non-hydrogen) atoms. The van der Waals surface area contributed by atoms with Gasteiger partial charge in [0.05, 0.1) is 12.8 Å². The second kappa shape index (κ2) is 9.02. The second-order valence-corrected chi connectivity index (χ2v) is 8.19. The highest BCUT2D eigenvalue weighted by atomic mass is 32.2. The minimum atomic E-state index is -3.73. The lowest BCUT2D eigenvalue weighted by Gasteiger charge is -2.13. The summed E-state index contributed by atoms with van der Waals surface area (Å²) >= 11 is 0. The van der Waals surface area contributed by atoms with Crippen molar-refractivity contribution in [2.24, 2.45) is 0 Å². The maximum absolute atomic E-state index is 12.6. The lowest BCUT2D eigenvalue weighted by Crippen LogP contribution is -2.28. The summed E-state index contributed by atoms with van der Waals surface area (Å²) < 4.78 is 38.5. The molecular weight excluding hydrogens is 390 g/mol. The van der Waals surface area contributed by atoms with Crippen LogP contribution in [0.3, 0.4) is 0 Å². The molecule has 3 aromatic rings. The van der Waals surface area contributed by atoms with Gasteiger partial charge in [0, 0.05) is 18.2 Å². The Morgan fingerprint density at radius 1 is 0.966 bits per heavy atom. The monoisotopic (exact) mass is 413 g/mol. The van der Waals surface area contributed by atoms with Crippen molar-refractivity contribution < 1.29 is 17.9 Å². The summed E-state index contributed by atoms with van der Waals surface area (Å²) in [6.45, 7) is 3.96. The first-order valence-electron chi connectivity index (χ1n) is 9.07. The van der Waals surface area contributed by atoms with Crippen LogP contribution in [0.25, 0.3) is 11.3 Å². The van der Waals surface area contributed by atoms with E-state index in [2.05, 4.69) is 14.9 Å². The smallest absolute Gasteiger partial charge is 0.244 e. The third-order valence-electron chi connectivity index (χ3n) is 4.42. The molecule has 0 atom stereocenters. The molecule has 0 spiro atoms. The van der Waals surface area contributed by atoms with Crippen LogP contribution in [0, 0.1) is 13.8 Å². The molecule has 0 bridgehead atoms. The molecule has 0 aliphatic heterocycles. The lowest BCUT2D eigenvalue weighted by molar-refractivity contribution is 0.307. The maximum Gasteiger partial charge on any atom is 0.244 e. The summed E-state index contributed by atoms with van der Waals surface area (Å²) in [5.41, 5.74) is 3.53. The van der Waals surface area contributed by atoms with Crippen LogP contribution in [-0.4, -0.2) is 38.9 Å². The summed E-state index contributed by atoms with van der Waals surface area (Å²) in [4.78, 5) is 0.107. The van der Waals surface area contributed by atoms with E-state index in [1.807, 2.05) is 50.2 Å². The Morgan fingerprint density at radius 3 is 2.34 bits per heavy atom. The van der Waals surface area contributed by atoms with Crippen LogP contribution in [-0.2, 0) is 10.0 Å². The van der Waals surface area contributed by atoms with Gasteiger partial charge >= 0.3 is 0 Å². The van der Waals surface area contributed by atoms with Crippen molar-refractivity contribution >= 4 is 10.0 Å². The number of hydrogen-bond donors (Lipinski definition) is 1. The Kier molecular flexibility index (Phi) is 6.46. The number of benzene rings is 2. The van der Waals surface area contributed by atoms with E-state index in [9.17, 15) is 8.42 Å². The zero-order chi connectivity index (χ0) is 20.9. The van der Waals surface area contributed by atoms with E-state index in [4.69, 9.17) is 9.47 Å². The number of nitrogens with one attached hydrogen (secondary N) is 1. The molecule has 0 saturated heterocycles. The Balaban J connectivity index is 1.58. The summed E-state index contributed by atoms with van der Waals surface area (Å²) in [5.74, 6) is 0.636. The van der Waals surface area contributed by atoms with Gasteiger partial charge in [0.25, 0.3) is 0 Å². The van der Waals surface area contributed by atoms with E-state index in [0.717, 1.165) is 22.4 Å². The largest absolute Gasteiger partial charge is 0.495 e. The van der Waals surface area contributed by atoms with Crippen molar-refractivity contribution in [2.45, 2.75) is 18.7 Å². The predicted octanol–water partition coefficient (Wildman–Crippen LogP) is 3.13. The third kappa shape index (κ3) is 5.10. The van der Waals surface area contributed by atoms with Crippen LogP contribution >= 0.6 is 0 Å². The van der Waals surface area contributed by atoms with E-state index >= 15 is 0 Å². The molecule has 0 aliphatic rings. The summed E-state index contributed by atoms with van der Waals surface area (Å²) in [5, 5.41) is 8.16. The Hall–Kier alpha value is -2.97. The lowest BCUT2D eigenvalue weighted by atomic mass is 10.1. The van der Waals surface area contributed by atoms with Crippen molar-refractivity contribution in [1.82, 2.24) is 14.9 Å². The fourth-order valence-electron chi connectivity index (χ4n) is 2.70. The van der Waals surface area contributed by atoms with E-state index in [1.54, 1.807) is 18.2 Å². The molecule has 1 aromatic heterocycles. The highest BCUT2D eigenvalue weighted by Gasteiger charge is 2.20. The molecule has 0 saturated carbocycles. The van der Waals surface area contributed by atoms with Crippen molar-refractivity contribution in [1.29, 1.82) is 0 Å². The fourth-order valence-corrected chi connectivity index (χ4v) is 3.95. The van der Waals surface area contributed by atoms with Gasteiger partial charge in [-0.3, -0.25) is 0 Å². The number of aryl methyl sites for hydroxylation is 2. The van der Waals surface area contributed by atoms with Gasteiger partial charge in [0.1, 0.15) is 17.3 Å². The molecular formula is C21H23N3O4S. The van der Waals surface area contributed by atoms with Crippen LogP contribution in [0.2, 0.25) is 0 Å². The van der Waals surface area contributed by atoms with Gasteiger partial charge in [0.2, 0.25) is 15.9 Å². The van der Waals surface area contributed by atoms with Crippen LogP contribution in [0.4, 0.5) is 0 Å². The number of hydrogen-bond acceptors (Lipinski definition) is 6. The highest BCUT2D eigenvalue weighted by molar-refractivity contribution is 7.89. The van der Waals surface area contributed by atoms with E-state index < -0.39 is 10.0 Å². The van der Waals surface area contributed by atoms with Gasteiger partial charge in [-0.1, -0.05) is 30.3 Å². The number of methoxy groups -OCH3 is 1. The van der Waals surface area contributed by atoms with Gasteiger partial charge in [-0.25, -0.2) is 13.1 Å². The SMILES string of the molecule is COc1cc(C)c(C)cc1S(=O)(=O)NCCOc1ccc(-c2ccccc2)nn1. The molecule has 3 rings (SSSR count). The van der Waals surface area contributed by atoms with Crippen LogP contribution < -0.4 is 14.2 Å². The summed E-state index contributed by atoms with van der Waals surface area (Å²) in [7, 11) is -2.28. The zero-order valence-corrected chi connectivity index (χ0v) is 17.4. The topological polar surface area (TPSA) is 90.4 Å². The van der Waals surface area contributed by atoms with Gasteiger partial charge in [-0.05, 0) is 43.2 Å². The second-order valence-electron chi connectivity index (χ2n) is 6.46. The summed E-state index contributed by atoms with van der Waals surface area (Å²) in [6, 6.07) is 16.5. The first-order chi connectivity index (χ1) is 13.9. The molecule has 1 N–H and O–H groups in total. The van der Waals surface area contributed by atoms with E-state index in [-0.39, 0.29) is 18.0 Å². The quantitative estimate of drug-likeness (QED) is 0.571. The minimum absolute atomic E-state index is 0.0839. The number of ether oxygens (including phenoxy) is 2.